The molecule has 0 saturated carbocycles. The van der Waals surface area contributed by atoms with Gasteiger partial charge in [0.05, 0.1) is 25.0 Å². The van der Waals surface area contributed by atoms with Gasteiger partial charge in [-0.15, -0.1) is 10.2 Å². The summed E-state index contributed by atoms with van der Waals surface area (Å²) in [5, 5.41) is 9.12. The molecule has 0 radical (unpaired) electrons. The summed E-state index contributed by atoms with van der Waals surface area (Å²) >= 11 is 1.31. The topological polar surface area (TPSA) is 86.6 Å². The standard InChI is InChI=1S/C20H26N4O4S/c1-4-28-19(26)15-10-7-8-12-24(15)17(25)13-29-20-22-21-18(23(20)2)14-9-5-6-11-16(14)27-3/h5-6,9,11,15H,4,7-8,10,12-13H2,1-3H3/t15-/m0/s1. The normalized spacial score (nSPS) is 16.5. The first kappa shape index (κ1) is 21.2. The van der Waals surface area contributed by atoms with Crippen LogP contribution in [-0.2, 0) is 21.4 Å². The smallest absolute Gasteiger partial charge is 0.328 e. The Hall–Kier alpha value is -2.55. The highest BCUT2D eigenvalue weighted by Gasteiger charge is 2.33. The number of thioether (sulfide) groups is 1. The summed E-state index contributed by atoms with van der Waals surface area (Å²) in [4.78, 5) is 26.6. The van der Waals surface area contributed by atoms with Crippen LogP contribution in [0.5, 0.6) is 5.75 Å². The fraction of sp³-hybridized carbons (Fsp3) is 0.500. The van der Waals surface area contributed by atoms with E-state index in [-0.39, 0.29) is 17.6 Å². The van der Waals surface area contributed by atoms with Gasteiger partial charge in [-0.2, -0.15) is 0 Å². The number of benzene rings is 1. The third-order valence-corrected chi connectivity index (χ3v) is 5.89. The first-order valence-corrected chi connectivity index (χ1v) is 10.7. The lowest BCUT2D eigenvalue weighted by Gasteiger charge is -2.33. The Morgan fingerprint density at radius 3 is 2.79 bits per heavy atom. The van der Waals surface area contributed by atoms with Gasteiger partial charge < -0.3 is 18.9 Å². The number of carbonyl (C=O) groups excluding carboxylic acids is 2. The van der Waals surface area contributed by atoms with E-state index < -0.39 is 6.04 Å². The van der Waals surface area contributed by atoms with Crippen molar-refractivity contribution in [2.24, 2.45) is 7.05 Å². The number of rotatable bonds is 7. The summed E-state index contributed by atoms with van der Waals surface area (Å²) in [7, 11) is 3.47. The molecule has 0 unspecified atom stereocenters. The van der Waals surface area contributed by atoms with Crippen LogP contribution in [-0.4, -0.2) is 63.6 Å². The van der Waals surface area contributed by atoms with Crippen LogP contribution in [0.1, 0.15) is 26.2 Å². The van der Waals surface area contributed by atoms with Crippen molar-refractivity contribution < 1.29 is 19.1 Å². The fourth-order valence-electron chi connectivity index (χ4n) is 3.43. The highest BCUT2D eigenvalue weighted by molar-refractivity contribution is 7.99. The van der Waals surface area contributed by atoms with Crippen LogP contribution in [0, 0.1) is 0 Å². The molecule has 1 atom stereocenters. The second kappa shape index (κ2) is 9.78. The summed E-state index contributed by atoms with van der Waals surface area (Å²) in [5.41, 5.74) is 0.835. The molecule has 1 aromatic heterocycles. The molecule has 9 heteroatoms. The highest BCUT2D eigenvalue weighted by atomic mass is 32.2. The molecule has 1 aliphatic heterocycles. The fourth-order valence-corrected chi connectivity index (χ4v) is 4.22. The van der Waals surface area contributed by atoms with Gasteiger partial charge in [0.1, 0.15) is 11.8 Å². The van der Waals surface area contributed by atoms with Crippen molar-refractivity contribution in [2.45, 2.75) is 37.4 Å². The highest BCUT2D eigenvalue weighted by Crippen LogP contribution is 2.30. The van der Waals surface area contributed by atoms with Gasteiger partial charge >= 0.3 is 5.97 Å². The minimum absolute atomic E-state index is 0.0883. The Morgan fingerprint density at radius 2 is 2.03 bits per heavy atom. The van der Waals surface area contributed by atoms with Crippen molar-refractivity contribution in [1.29, 1.82) is 0 Å². The predicted octanol–water partition coefficient (Wildman–Crippen LogP) is 2.53. The Morgan fingerprint density at radius 1 is 1.24 bits per heavy atom. The van der Waals surface area contributed by atoms with Crippen molar-refractivity contribution in [3.8, 4) is 17.1 Å². The van der Waals surface area contributed by atoms with Gasteiger partial charge in [-0.25, -0.2) is 4.79 Å². The third-order valence-electron chi connectivity index (χ3n) is 4.89. The number of hydrogen-bond donors (Lipinski definition) is 0. The molecule has 8 nitrogen and oxygen atoms in total. The van der Waals surface area contributed by atoms with E-state index in [9.17, 15) is 9.59 Å². The molecule has 0 spiro atoms. The average Bonchev–Trinajstić information content (AvgIpc) is 3.12. The summed E-state index contributed by atoms with van der Waals surface area (Å²) < 4.78 is 12.4. The Labute approximate surface area is 174 Å². The van der Waals surface area contributed by atoms with E-state index in [1.807, 2.05) is 35.9 Å². The molecule has 1 amide bonds. The number of nitrogens with zero attached hydrogens (tertiary/aromatic N) is 4. The van der Waals surface area contributed by atoms with E-state index >= 15 is 0 Å². The molecule has 2 aromatic rings. The van der Waals surface area contributed by atoms with Gasteiger partial charge in [0.25, 0.3) is 0 Å². The molecule has 1 fully saturated rings. The monoisotopic (exact) mass is 418 g/mol. The van der Waals surface area contributed by atoms with E-state index in [1.54, 1.807) is 18.9 Å². The van der Waals surface area contributed by atoms with Gasteiger partial charge in [0.2, 0.25) is 5.91 Å². The van der Waals surface area contributed by atoms with Crippen LogP contribution in [0.4, 0.5) is 0 Å². The number of esters is 1. The van der Waals surface area contributed by atoms with Crippen LogP contribution in [0.25, 0.3) is 11.4 Å². The van der Waals surface area contributed by atoms with E-state index in [4.69, 9.17) is 9.47 Å². The molecule has 0 aliphatic carbocycles. The molecule has 0 N–H and O–H groups in total. The largest absolute Gasteiger partial charge is 0.496 e. The molecule has 3 rings (SSSR count). The first-order valence-electron chi connectivity index (χ1n) is 9.68. The number of ether oxygens (including phenoxy) is 2. The van der Waals surface area contributed by atoms with Gasteiger partial charge in [-0.05, 0) is 38.3 Å². The van der Waals surface area contributed by atoms with Crippen molar-refractivity contribution in [1.82, 2.24) is 19.7 Å². The molecular weight excluding hydrogens is 392 g/mol. The lowest BCUT2D eigenvalue weighted by molar-refractivity contribution is -0.155. The van der Waals surface area contributed by atoms with Crippen LogP contribution in [0.2, 0.25) is 0 Å². The molecule has 1 saturated heterocycles. The lowest BCUT2D eigenvalue weighted by Crippen LogP contribution is -2.49. The maximum atomic E-state index is 12.8. The maximum absolute atomic E-state index is 12.8. The first-order chi connectivity index (χ1) is 14.1. The van der Waals surface area contributed by atoms with E-state index in [0.717, 1.165) is 18.4 Å². The van der Waals surface area contributed by atoms with Gasteiger partial charge in [0.15, 0.2) is 11.0 Å². The summed E-state index contributed by atoms with van der Waals surface area (Å²) in [6.07, 6.45) is 2.47. The Kier molecular flexibility index (Phi) is 7.13. The third kappa shape index (κ3) is 4.72. The molecule has 1 aliphatic rings. The van der Waals surface area contributed by atoms with Crippen molar-refractivity contribution in [3.05, 3.63) is 24.3 Å². The number of likely N-dealkylation sites (tertiary alicyclic amines) is 1. The molecular formula is C20H26N4O4S. The summed E-state index contributed by atoms with van der Waals surface area (Å²) in [6.45, 7) is 2.67. The van der Waals surface area contributed by atoms with Crippen LogP contribution < -0.4 is 4.74 Å². The molecule has 156 valence electrons. The molecule has 2 heterocycles. The lowest BCUT2D eigenvalue weighted by atomic mass is 10.0. The van der Waals surface area contributed by atoms with E-state index in [1.165, 1.54) is 11.8 Å². The van der Waals surface area contributed by atoms with Crippen molar-refractivity contribution in [3.63, 3.8) is 0 Å². The summed E-state index contributed by atoms with van der Waals surface area (Å²) in [5.74, 6) is 1.16. The van der Waals surface area contributed by atoms with E-state index in [0.29, 0.717) is 36.3 Å². The maximum Gasteiger partial charge on any atom is 0.328 e. The average molecular weight is 419 g/mol. The number of methoxy groups -OCH3 is 1. The Bertz CT molecular complexity index is 870. The molecule has 1 aromatic carbocycles. The number of piperidine rings is 1. The van der Waals surface area contributed by atoms with Gasteiger partial charge in [-0.3, -0.25) is 4.79 Å². The zero-order valence-electron chi connectivity index (χ0n) is 17.0. The quantitative estimate of drug-likeness (QED) is 0.504. The number of para-hydroxylation sites is 1. The van der Waals surface area contributed by atoms with Crippen LogP contribution >= 0.6 is 11.8 Å². The minimum atomic E-state index is -0.486. The number of carbonyl (C=O) groups is 2. The summed E-state index contributed by atoms with van der Waals surface area (Å²) in [6, 6.07) is 7.10. The second-order valence-corrected chi connectivity index (χ2v) is 7.65. The van der Waals surface area contributed by atoms with E-state index in [2.05, 4.69) is 10.2 Å². The Balaban J connectivity index is 1.69. The number of hydrogen-bond acceptors (Lipinski definition) is 7. The van der Waals surface area contributed by atoms with Crippen LogP contribution in [0.15, 0.2) is 29.4 Å². The van der Waals surface area contributed by atoms with Crippen LogP contribution in [0.3, 0.4) is 0 Å². The van der Waals surface area contributed by atoms with Gasteiger partial charge in [0, 0.05) is 13.6 Å². The number of aromatic nitrogens is 3. The predicted molar refractivity (Wildman–Crippen MR) is 110 cm³/mol. The molecule has 29 heavy (non-hydrogen) atoms. The second-order valence-electron chi connectivity index (χ2n) is 6.70. The number of amides is 1. The van der Waals surface area contributed by atoms with Crippen molar-refractivity contribution >= 4 is 23.6 Å². The molecule has 0 bridgehead atoms. The minimum Gasteiger partial charge on any atom is -0.496 e. The SMILES string of the molecule is CCOC(=O)[C@@H]1CCCCN1C(=O)CSc1nnc(-c2ccccc2OC)n1C. The van der Waals surface area contributed by atoms with Gasteiger partial charge in [-0.1, -0.05) is 23.9 Å². The zero-order chi connectivity index (χ0) is 20.8. The zero-order valence-corrected chi connectivity index (χ0v) is 17.8. The van der Waals surface area contributed by atoms with Crippen molar-refractivity contribution in [2.75, 3.05) is 26.0 Å².